The van der Waals surface area contributed by atoms with Crippen LogP contribution in [0, 0.1) is 11.3 Å². The van der Waals surface area contributed by atoms with Crippen molar-refractivity contribution in [2.45, 2.75) is 24.3 Å². The van der Waals surface area contributed by atoms with Crippen LogP contribution in [0.15, 0.2) is 36.5 Å². The maximum Gasteiger partial charge on any atom is 0.404 e. The second-order valence-corrected chi connectivity index (χ2v) is 6.71. The fraction of sp³-hybridized carbons (Fsp3) is 0.263. The maximum atomic E-state index is 10.8. The van der Waals surface area contributed by atoms with Crippen LogP contribution in [0.25, 0.3) is 11.1 Å². The number of hydrogen-bond acceptors (Lipinski definition) is 5. The third-order valence-electron chi connectivity index (χ3n) is 4.57. The molecule has 0 bridgehead atoms. The van der Waals surface area contributed by atoms with Gasteiger partial charge in [0.2, 0.25) is 6.41 Å². The number of carbonyl (C=O) groups is 2. The lowest BCUT2D eigenvalue weighted by molar-refractivity contribution is -0.110. The van der Waals surface area contributed by atoms with E-state index in [0.29, 0.717) is 17.0 Å². The van der Waals surface area contributed by atoms with Crippen LogP contribution in [-0.2, 0) is 14.9 Å². The van der Waals surface area contributed by atoms with Crippen molar-refractivity contribution in [3.63, 3.8) is 0 Å². The minimum Gasteiger partial charge on any atom is -0.447 e. The summed E-state index contributed by atoms with van der Waals surface area (Å²) in [5.41, 5.74) is 7.37. The van der Waals surface area contributed by atoms with Gasteiger partial charge in [-0.1, -0.05) is 29.8 Å². The minimum atomic E-state index is -0.929. The molecule has 1 aliphatic rings. The van der Waals surface area contributed by atoms with Crippen LogP contribution < -0.4 is 11.1 Å². The van der Waals surface area contributed by atoms with Crippen LogP contribution in [0.5, 0.6) is 0 Å². The molecule has 1 aromatic heterocycles. The quantitative estimate of drug-likeness (QED) is 0.711. The van der Waals surface area contributed by atoms with Gasteiger partial charge in [-0.15, -0.1) is 0 Å². The molecule has 1 unspecified atom stereocenters. The van der Waals surface area contributed by atoms with E-state index in [-0.39, 0.29) is 6.61 Å². The first kappa shape index (κ1) is 18.7. The number of hydrogen-bond donors (Lipinski definition) is 2. The Kier molecular flexibility index (Phi) is 5.28. The SMILES string of the molecule is N#CC1(c2ncccc2-c2ccc(C(COC(N)=O)NC=O)cc2Cl)CC1. The first-order chi connectivity index (χ1) is 13.0. The van der Waals surface area contributed by atoms with Crippen molar-refractivity contribution < 1.29 is 14.3 Å². The van der Waals surface area contributed by atoms with Gasteiger partial charge in [-0.3, -0.25) is 9.78 Å². The largest absolute Gasteiger partial charge is 0.447 e. The second-order valence-electron chi connectivity index (χ2n) is 6.30. The molecule has 0 spiro atoms. The van der Waals surface area contributed by atoms with Gasteiger partial charge in [0.15, 0.2) is 0 Å². The van der Waals surface area contributed by atoms with Crippen LogP contribution in [0.1, 0.15) is 30.1 Å². The van der Waals surface area contributed by atoms with E-state index in [1.54, 1.807) is 30.5 Å². The molecule has 0 saturated heterocycles. The van der Waals surface area contributed by atoms with Crippen LogP contribution in [0.3, 0.4) is 0 Å². The molecular weight excluding hydrogens is 368 g/mol. The summed E-state index contributed by atoms with van der Waals surface area (Å²) in [6, 6.07) is 10.7. The Bertz CT molecular complexity index is 921. The molecular formula is C19H17ClN4O3. The molecule has 0 radical (unpaired) electrons. The molecule has 1 saturated carbocycles. The highest BCUT2D eigenvalue weighted by Crippen LogP contribution is 2.50. The number of nitrogens with one attached hydrogen (secondary N) is 1. The van der Waals surface area contributed by atoms with E-state index in [4.69, 9.17) is 22.1 Å². The van der Waals surface area contributed by atoms with Gasteiger partial charge in [-0.05, 0) is 30.5 Å². The van der Waals surface area contributed by atoms with E-state index in [1.165, 1.54) is 0 Å². The number of halogens is 1. The molecule has 1 heterocycles. The van der Waals surface area contributed by atoms with Crippen molar-refractivity contribution >= 4 is 24.1 Å². The Morgan fingerprint density at radius 2 is 2.22 bits per heavy atom. The van der Waals surface area contributed by atoms with Gasteiger partial charge < -0.3 is 15.8 Å². The van der Waals surface area contributed by atoms with Crippen molar-refractivity contribution in [2.75, 3.05) is 6.61 Å². The highest BCUT2D eigenvalue weighted by Gasteiger charge is 2.47. The molecule has 7 nitrogen and oxygen atoms in total. The lowest BCUT2D eigenvalue weighted by Crippen LogP contribution is -2.27. The molecule has 3 rings (SSSR count). The number of nitrogens with two attached hydrogens (primary N) is 1. The van der Waals surface area contributed by atoms with Crippen molar-refractivity contribution in [3.8, 4) is 17.2 Å². The van der Waals surface area contributed by atoms with Crippen molar-refractivity contribution in [1.82, 2.24) is 10.3 Å². The summed E-state index contributed by atoms with van der Waals surface area (Å²) in [5.74, 6) is 0. The summed E-state index contributed by atoms with van der Waals surface area (Å²) in [6.45, 7) is -0.112. The molecule has 3 N–H and O–H groups in total. The Morgan fingerprint density at radius 3 is 2.81 bits per heavy atom. The monoisotopic (exact) mass is 384 g/mol. The number of aromatic nitrogens is 1. The van der Waals surface area contributed by atoms with Gasteiger partial charge in [0.05, 0.1) is 17.8 Å². The van der Waals surface area contributed by atoms with Crippen molar-refractivity contribution in [2.24, 2.45) is 5.73 Å². The Hall–Kier alpha value is -3.11. The summed E-state index contributed by atoms with van der Waals surface area (Å²) < 4.78 is 4.78. The number of nitriles is 1. The van der Waals surface area contributed by atoms with Gasteiger partial charge in [0, 0.05) is 22.3 Å². The van der Waals surface area contributed by atoms with E-state index in [1.807, 2.05) is 6.07 Å². The number of nitrogens with zero attached hydrogens (tertiary/aromatic N) is 2. The standard InChI is InChI=1S/C19H17ClN4O3/c20-15-8-12(16(24-11-25)9-27-18(22)26)3-4-13(15)14-2-1-7-23-17(14)19(10-21)5-6-19/h1-4,7-8,11,16H,5-6,9H2,(H2,22,26)(H,24,25). The smallest absolute Gasteiger partial charge is 0.404 e. The van der Waals surface area contributed by atoms with Crippen molar-refractivity contribution in [1.29, 1.82) is 5.26 Å². The molecule has 138 valence electrons. The van der Waals surface area contributed by atoms with Crippen LogP contribution >= 0.6 is 11.6 Å². The highest BCUT2D eigenvalue weighted by atomic mass is 35.5. The molecule has 1 fully saturated rings. The molecule has 1 aliphatic carbocycles. The molecule has 8 heteroatoms. The zero-order valence-corrected chi connectivity index (χ0v) is 15.1. The zero-order chi connectivity index (χ0) is 19.4. The van der Waals surface area contributed by atoms with Crippen LogP contribution in [0.2, 0.25) is 5.02 Å². The Balaban J connectivity index is 1.95. The summed E-state index contributed by atoms with van der Waals surface area (Å²) in [5, 5.41) is 12.5. The predicted octanol–water partition coefficient (Wildman–Crippen LogP) is 2.84. The van der Waals surface area contributed by atoms with E-state index < -0.39 is 17.6 Å². The molecule has 1 atom stereocenters. The Morgan fingerprint density at radius 1 is 1.44 bits per heavy atom. The third kappa shape index (κ3) is 3.86. The number of carbonyl (C=O) groups excluding carboxylic acids is 2. The number of benzene rings is 1. The number of primary amides is 1. The van der Waals surface area contributed by atoms with Crippen LogP contribution in [0.4, 0.5) is 4.79 Å². The maximum absolute atomic E-state index is 10.8. The van der Waals surface area contributed by atoms with Crippen LogP contribution in [-0.4, -0.2) is 24.1 Å². The Labute approximate surface area is 161 Å². The highest BCUT2D eigenvalue weighted by molar-refractivity contribution is 6.33. The van der Waals surface area contributed by atoms with Gasteiger partial charge in [0.25, 0.3) is 0 Å². The lowest BCUT2D eigenvalue weighted by atomic mass is 9.93. The molecule has 0 aliphatic heterocycles. The molecule has 1 aromatic carbocycles. The number of amides is 2. The number of rotatable bonds is 7. The van der Waals surface area contributed by atoms with Gasteiger partial charge in [-0.2, -0.15) is 5.26 Å². The number of pyridine rings is 1. The van der Waals surface area contributed by atoms with Crippen molar-refractivity contribution in [3.05, 3.63) is 52.8 Å². The third-order valence-corrected chi connectivity index (χ3v) is 4.88. The van der Waals surface area contributed by atoms with E-state index >= 15 is 0 Å². The fourth-order valence-corrected chi connectivity index (χ4v) is 3.28. The molecule has 2 aromatic rings. The normalized spacial score (nSPS) is 15.3. The second kappa shape index (κ2) is 7.64. The zero-order valence-electron chi connectivity index (χ0n) is 14.3. The van der Waals surface area contributed by atoms with Gasteiger partial charge >= 0.3 is 6.09 Å². The van der Waals surface area contributed by atoms with Gasteiger partial charge in [-0.25, -0.2) is 4.79 Å². The summed E-state index contributed by atoms with van der Waals surface area (Å²) in [6.07, 6.45) is 2.81. The topological polar surface area (TPSA) is 118 Å². The first-order valence-electron chi connectivity index (χ1n) is 8.29. The minimum absolute atomic E-state index is 0.112. The fourth-order valence-electron chi connectivity index (χ4n) is 2.99. The average molecular weight is 385 g/mol. The molecule has 27 heavy (non-hydrogen) atoms. The van der Waals surface area contributed by atoms with E-state index in [9.17, 15) is 14.9 Å². The lowest BCUT2D eigenvalue weighted by Gasteiger charge is -2.18. The van der Waals surface area contributed by atoms with E-state index in [0.717, 1.165) is 29.7 Å². The van der Waals surface area contributed by atoms with E-state index in [2.05, 4.69) is 16.4 Å². The summed E-state index contributed by atoms with van der Waals surface area (Å²) in [7, 11) is 0. The predicted molar refractivity (Wildman–Crippen MR) is 98.7 cm³/mol. The first-order valence-corrected chi connectivity index (χ1v) is 8.67. The average Bonchev–Trinajstić information content (AvgIpc) is 3.46. The summed E-state index contributed by atoms with van der Waals surface area (Å²) in [4.78, 5) is 26.1. The van der Waals surface area contributed by atoms with Gasteiger partial charge in [0.1, 0.15) is 12.0 Å². The number of ether oxygens (including phenoxy) is 1. The summed E-state index contributed by atoms with van der Waals surface area (Å²) >= 11 is 6.50. The molecule has 2 amide bonds.